The zero-order chi connectivity index (χ0) is 19.1. The third-order valence-corrected chi connectivity index (χ3v) is 4.62. The van der Waals surface area contributed by atoms with Crippen molar-refractivity contribution in [1.82, 2.24) is 20.3 Å². The van der Waals surface area contributed by atoms with E-state index in [1.165, 1.54) is 0 Å². The van der Waals surface area contributed by atoms with Crippen LogP contribution in [-0.4, -0.2) is 47.7 Å². The predicted octanol–water partition coefficient (Wildman–Crippen LogP) is 3.06. The molecule has 154 valence electrons. The number of piperidine rings is 1. The van der Waals surface area contributed by atoms with Gasteiger partial charge in [0.1, 0.15) is 11.5 Å². The highest BCUT2D eigenvalue weighted by molar-refractivity contribution is 6.03. The third-order valence-electron chi connectivity index (χ3n) is 4.62. The summed E-state index contributed by atoms with van der Waals surface area (Å²) >= 11 is 0. The highest BCUT2D eigenvalue weighted by Crippen LogP contribution is 2.30. The van der Waals surface area contributed by atoms with E-state index in [4.69, 9.17) is 9.47 Å². The van der Waals surface area contributed by atoms with Crippen molar-refractivity contribution in [2.75, 3.05) is 32.1 Å². The standard InChI is InChI=1S/C19H27N5O3.ClH/c1-3-4-11-27-18-6-5-15(26-2)12-16(18)21-19(25)17-13-24(23-22-17)14-7-9-20-10-8-14;/h5-6,12-14,20H,3-4,7-11H2,1-2H3,(H,21,25);1H. The summed E-state index contributed by atoms with van der Waals surface area (Å²) in [6.07, 6.45) is 5.66. The van der Waals surface area contributed by atoms with Crippen LogP contribution in [0.2, 0.25) is 0 Å². The van der Waals surface area contributed by atoms with E-state index in [0.29, 0.717) is 23.8 Å². The van der Waals surface area contributed by atoms with Crippen molar-refractivity contribution in [1.29, 1.82) is 0 Å². The number of rotatable bonds is 8. The highest BCUT2D eigenvalue weighted by Gasteiger charge is 2.19. The molecule has 1 aliphatic heterocycles. The number of nitrogens with zero attached hydrogens (tertiary/aromatic N) is 3. The maximum atomic E-state index is 12.7. The Labute approximate surface area is 171 Å². The van der Waals surface area contributed by atoms with Gasteiger partial charge in [-0.3, -0.25) is 4.79 Å². The first kappa shape index (κ1) is 22.0. The van der Waals surface area contributed by atoms with Gasteiger partial charge < -0.3 is 20.1 Å². The lowest BCUT2D eigenvalue weighted by Gasteiger charge is -2.22. The molecule has 0 radical (unpaired) electrons. The minimum Gasteiger partial charge on any atom is -0.497 e. The fraction of sp³-hybridized carbons (Fsp3) is 0.526. The summed E-state index contributed by atoms with van der Waals surface area (Å²) in [6, 6.07) is 5.64. The average Bonchev–Trinajstić information content (AvgIpc) is 3.20. The molecule has 2 heterocycles. The Hall–Kier alpha value is -2.32. The first-order valence-corrected chi connectivity index (χ1v) is 9.46. The van der Waals surface area contributed by atoms with Crippen LogP contribution < -0.4 is 20.1 Å². The summed E-state index contributed by atoms with van der Waals surface area (Å²) in [5.41, 5.74) is 0.850. The van der Waals surface area contributed by atoms with Gasteiger partial charge in [0, 0.05) is 6.07 Å². The Morgan fingerprint density at radius 3 is 2.86 bits per heavy atom. The molecule has 1 aromatic heterocycles. The number of halogens is 1. The van der Waals surface area contributed by atoms with Gasteiger partial charge in [-0.1, -0.05) is 18.6 Å². The van der Waals surface area contributed by atoms with Gasteiger partial charge in [-0.2, -0.15) is 0 Å². The fourth-order valence-corrected chi connectivity index (χ4v) is 3.00. The van der Waals surface area contributed by atoms with Crippen molar-refractivity contribution < 1.29 is 14.3 Å². The van der Waals surface area contributed by atoms with Crippen LogP contribution in [0.1, 0.15) is 49.1 Å². The van der Waals surface area contributed by atoms with Gasteiger partial charge in [0.25, 0.3) is 5.91 Å². The Kier molecular flexibility index (Phi) is 8.53. The summed E-state index contributed by atoms with van der Waals surface area (Å²) in [5, 5.41) is 14.4. The lowest BCUT2D eigenvalue weighted by atomic mass is 10.1. The number of nitrogens with one attached hydrogen (secondary N) is 2. The molecular weight excluding hydrogens is 382 g/mol. The molecule has 0 atom stereocenters. The van der Waals surface area contributed by atoms with Gasteiger partial charge in [0.05, 0.1) is 31.6 Å². The molecule has 1 fully saturated rings. The molecule has 0 unspecified atom stereocenters. The molecule has 1 saturated heterocycles. The van der Waals surface area contributed by atoms with Crippen molar-refractivity contribution in [3.63, 3.8) is 0 Å². The quantitative estimate of drug-likeness (QED) is 0.651. The SMILES string of the molecule is CCCCOc1ccc(OC)cc1NC(=O)c1cn(C2CCNCC2)nn1.Cl. The minimum absolute atomic E-state index is 0. The Balaban J connectivity index is 0.00000280. The molecule has 0 aliphatic carbocycles. The number of amides is 1. The monoisotopic (exact) mass is 409 g/mol. The van der Waals surface area contributed by atoms with Crippen molar-refractivity contribution in [2.45, 2.75) is 38.6 Å². The number of methoxy groups -OCH3 is 1. The maximum Gasteiger partial charge on any atom is 0.277 e. The number of unbranched alkanes of at least 4 members (excludes halogenated alkanes) is 1. The first-order chi connectivity index (χ1) is 13.2. The third kappa shape index (κ3) is 5.59. The number of aromatic nitrogens is 3. The van der Waals surface area contributed by atoms with E-state index in [-0.39, 0.29) is 30.0 Å². The molecule has 1 aromatic carbocycles. The lowest BCUT2D eigenvalue weighted by molar-refractivity contribution is 0.102. The smallest absolute Gasteiger partial charge is 0.277 e. The van der Waals surface area contributed by atoms with Crippen LogP contribution in [0.5, 0.6) is 11.5 Å². The summed E-state index contributed by atoms with van der Waals surface area (Å²) in [4.78, 5) is 12.7. The second-order valence-corrected chi connectivity index (χ2v) is 6.58. The zero-order valence-corrected chi connectivity index (χ0v) is 17.1. The van der Waals surface area contributed by atoms with E-state index in [0.717, 1.165) is 38.8 Å². The van der Waals surface area contributed by atoms with E-state index < -0.39 is 0 Å². The lowest BCUT2D eigenvalue weighted by Crippen LogP contribution is -2.29. The van der Waals surface area contributed by atoms with Crippen LogP contribution in [0.4, 0.5) is 5.69 Å². The molecule has 0 spiro atoms. The Morgan fingerprint density at radius 2 is 2.14 bits per heavy atom. The van der Waals surface area contributed by atoms with Crippen LogP contribution in [0.15, 0.2) is 24.4 Å². The van der Waals surface area contributed by atoms with Crippen molar-refractivity contribution in [3.05, 3.63) is 30.1 Å². The van der Waals surface area contributed by atoms with Crippen LogP contribution in [0.3, 0.4) is 0 Å². The van der Waals surface area contributed by atoms with Gasteiger partial charge in [-0.15, -0.1) is 17.5 Å². The van der Waals surface area contributed by atoms with Crippen molar-refractivity contribution in [2.24, 2.45) is 0 Å². The molecule has 28 heavy (non-hydrogen) atoms. The van der Waals surface area contributed by atoms with Gasteiger partial charge >= 0.3 is 0 Å². The van der Waals surface area contributed by atoms with E-state index in [1.807, 2.05) is 6.07 Å². The van der Waals surface area contributed by atoms with Crippen LogP contribution in [-0.2, 0) is 0 Å². The Morgan fingerprint density at radius 1 is 1.36 bits per heavy atom. The van der Waals surface area contributed by atoms with Gasteiger partial charge in [-0.25, -0.2) is 4.68 Å². The van der Waals surface area contributed by atoms with Crippen LogP contribution >= 0.6 is 12.4 Å². The second-order valence-electron chi connectivity index (χ2n) is 6.58. The molecule has 0 saturated carbocycles. The molecule has 2 aromatic rings. The first-order valence-electron chi connectivity index (χ1n) is 9.46. The summed E-state index contributed by atoms with van der Waals surface area (Å²) in [6.45, 7) is 4.60. The molecule has 3 rings (SSSR count). The van der Waals surface area contributed by atoms with E-state index in [1.54, 1.807) is 30.1 Å². The summed E-state index contributed by atoms with van der Waals surface area (Å²) in [7, 11) is 1.59. The zero-order valence-electron chi connectivity index (χ0n) is 16.3. The number of anilines is 1. The summed E-state index contributed by atoms with van der Waals surface area (Å²) < 4.78 is 12.8. The predicted molar refractivity (Wildman–Crippen MR) is 110 cm³/mol. The number of ether oxygens (including phenoxy) is 2. The topological polar surface area (TPSA) is 90.3 Å². The molecule has 8 nitrogen and oxygen atoms in total. The number of benzene rings is 1. The number of carbonyl (C=O) groups excluding carboxylic acids is 1. The largest absolute Gasteiger partial charge is 0.497 e. The van der Waals surface area contributed by atoms with E-state index in [2.05, 4.69) is 27.9 Å². The van der Waals surface area contributed by atoms with E-state index >= 15 is 0 Å². The molecular formula is C19H28ClN5O3. The molecule has 9 heteroatoms. The van der Waals surface area contributed by atoms with Crippen molar-refractivity contribution in [3.8, 4) is 11.5 Å². The molecule has 1 aliphatic rings. The minimum atomic E-state index is -0.316. The van der Waals surface area contributed by atoms with Crippen molar-refractivity contribution >= 4 is 24.0 Å². The average molecular weight is 410 g/mol. The van der Waals surface area contributed by atoms with Gasteiger partial charge in [0.15, 0.2) is 5.69 Å². The number of carbonyl (C=O) groups is 1. The Bertz CT molecular complexity index is 762. The maximum absolute atomic E-state index is 12.7. The van der Waals surface area contributed by atoms with Gasteiger partial charge in [-0.05, 0) is 44.5 Å². The number of hydrogen-bond acceptors (Lipinski definition) is 6. The molecule has 2 N–H and O–H groups in total. The fourth-order valence-electron chi connectivity index (χ4n) is 3.00. The normalized spacial score (nSPS) is 14.2. The van der Waals surface area contributed by atoms with Crippen LogP contribution in [0.25, 0.3) is 0 Å². The summed E-state index contributed by atoms with van der Waals surface area (Å²) in [5.74, 6) is 0.943. The number of hydrogen-bond donors (Lipinski definition) is 2. The van der Waals surface area contributed by atoms with E-state index in [9.17, 15) is 4.79 Å². The van der Waals surface area contributed by atoms with Crippen LogP contribution in [0, 0.1) is 0 Å². The van der Waals surface area contributed by atoms with Gasteiger partial charge in [0.2, 0.25) is 0 Å². The highest BCUT2D eigenvalue weighted by atomic mass is 35.5. The second kappa shape index (κ2) is 10.9. The molecule has 1 amide bonds. The molecule has 0 bridgehead atoms.